The number of benzene rings is 1. The number of thioether (sulfide) groups is 1. The molecule has 1 aliphatic rings. The zero-order valence-corrected chi connectivity index (χ0v) is 15.4. The fraction of sp³-hybridized carbons (Fsp3) is 0.333. The number of primary amides is 1. The van der Waals surface area contributed by atoms with Gasteiger partial charge in [0.1, 0.15) is 5.00 Å². The van der Waals surface area contributed by atoms with E-state index in [-0.39, 0.29) is 5.91 Å². The molecule has 1 aromatic heterocycles. The molecule has 1 aromatic carbocycles. The van der Waals surface area contributed by atoms with Gasteiger partial charge >= 0.3 is 0 Å². The highest BCUT2D eigenvalue weighted by atomic mass is 32.2. The molecular weight excluding hydrogens is 340 g/mol. The van der Waals surface area contributed by atoms with Crippen LogP contribution in [0.4, 0.5) is 5.00 Å². The highest BCUT2D eigenvalue weighted by Crippen LogP contribution is 2.39. The van der Waals surface area contributed by atoms with Crippen LogP contribution >= 0.6 is 23.1 Å². The van der Waals surface area contributed by atoms with Crippen molar-refractivity contribution in [3.05, 3.63) is 45.8 Å². The minimum atomic E-state index is -0.463. The van der Waals surface area contributed by atoms with Crippen molar-refractivity contribution in [2.24, 2.45) is 11.7 Å². The van der Waals surface area contributed by atoms with Gasteiger partial charge in [0.25, 0.3) is 11.8 Å². The van der Waals surface area contributed by atoms with E-state index >= 15 is 0 Å². The summed E-state index contributed by atoms with van der Waals surface area (Å²) in [5.41, 5.74) is 7.69. The Bertz CT molecular complexity index is 798. The molecule has 1 atom stereocenters. The number of nitrogens with two attached hydrogens (primary N) is 1. The maximum Gasteiger partial charge on any atom is 0.256 e. The van der Waals surface area contributed by atoms with Gasteiger partial charge < -0.3 is 11.1 Å². The molecule has 3 rings (SSSR count). The summed E-state index contributed by atoms with van der Waals surface area (Å²) in [7, 11) is 0. The molecule has 0 radical (unpaired) electrons. The fourth-order valence-corrected chi connectivity index (χ4v) is 4.91. The maximum atomic E-state index is 12.6. The third kappa shape index (κ3) is 3.35. The lowest BCUT2D eigenvalue weighted by atomic mass is 9.88. The van der Waals surface area contributed by atoms with E-state index in [1.807, 2.05) is 24.5 Å². The van der Waals surface area contributed by atoms with E-state index in [1.165, 1.54) is 16.2 Å². The lowest BCUT2D eigenvalue weighted by molar-refractivity contribution is 0.1000. The summed E-state index contributed by atoms with van der Waals surface area (Å²) in [5.74, 6) is -0.0750. The maximum absolute atomic E-state index is 12.6. The van der Waals surface area contributed by atoms with Crippen LogP contribution in [-0.2, 0) is 12.8 Å². The molecule has 1 heterocycles. The Morgan fingerprint density at radius 3 is 2.88 bits per heavy atom. The second-order valence-electron chi connectivity index (χ2n) is 6.11. The third-order valence-electron chi connectivity index (χ3n) is 4.32. The highest BCUT2D eigenvalue weighted by molar-refractivity contribution is 7.98. The molecule has 0 fully saturated rings. The van der Waals surface area contributed by atoms with Crippen molar-refractivity contribution >= 4 is 39.9 Å². The molecule has 0 unspecified atom stereocenters. The van der Waals surface area contributed by atoms with Gasteiger partial charge in [-0.2, -0.15) is 0 Å². The normalized spacial score (nSPS) is 16.5. The van der Waals surface area contributed by atoms with Crippen LogP contribution in [-0.4, -0.2) is 18.1 Å². The smallest absolute Gasteiger partial charge is 0.256 e. The van der Waals surface area contributed by atoms with Crippen LogP contribution < -0.4 is 11.1 Å². The highest BCUT2D eigenvalue weighted by Gasteiger charge is 2.27. The van der Waals surface area contributed by atoms with Crippen molar-refractivity contribution < 1.29 is 9.59 Å². The molecule has 24 heavy (non-hydrogen) atoms. The molecule has 4 nitrogen and oxygen atoms in total. The first-order chi connectivity index (χ1) is 11.5. The van der Waals surface area contributed by atoms with Gasteiger partial charge in [-0.25, -0.2) is 0 Å². The summed E-state index contributed by atoms with van der Waals surface area (Å²) in [5, 5.41) is 3.49. The standard InChI is InChI=1S/C18H20N2O2S2/c1-10-6-7-13-14(8-10)24-18(15(13)16(19)21)20-17(22)11-4-3-5-12(9-11)23-2/h3-5,9-10H,6-8H2,1-2H3,(H2,19,21)(H,20,22)/t10-/m0/s1. The van der Waals surface area contributed by atoms with Crippen LogP contribution in [0.3, 0.4) is 0 Å². The number of anilines is 1. The molecule has 0 spiro atoms. The van der Waals surface area contributed by atoms with Gasteiger partial charge in [0.05, 0.1) is 5.56 Å². The van der Waals surface area contributed by atoms with Crippen molar-refractivity contribution in [2.75, 3.05) is 11.6 Å². The van der Waals surface area contributed by atoms with E-state index in [1.54, 1.807) is 17.8 Å². The van der Waals surface area contributed by atoms with Crippen LogP contribution in [0.1, 0.15) is 44.5 Å². The Labute approximate surface area is 149 Å². The van der Waals surface area contributed by atoms with Gasteiger partial charge in [-0.3, -0.25) is 9.59 Å². The Kier molecular flexibility index (Phi) is 4.96. The van der Waals surface area contributed by atoms with E-state index in [9.17, 15) is 9.59 Å². The molecule has 3 N–H and O–H groups in total. The summed E-state index contributed by atoms with van der Waals surface area (Å²) in [4.78, 5) is 26.7. The van der Waals surface area contributed by atoms with Crippen LogP contribution in [0.5, 0.6) is 0 Å². The fourth-order valence-electron chi connectivity index (χ4n) is 3.04. The van der Waals surface area contributed by atoms with Crippen molar-refractivity contribution in [3.63, 3.8) is 0 Å². The summed E-state index contributed by atoms with van der Waals surface area (Å²) < 4.78 is 0. The molecule has 126 valence electrons. The van der Waals surface area contributed by atoms with Gasteiger partial charge in [-0.05, 0) is 55.2 Å². The van der Waals surface area contributed by atoms with Crippen molar-refractivity contribution in [3.8, 4) is 0 Å². The van der Waals surface area contributed by atoms with Gasteiger partial charge in [-0.15, -0.1) is 23.1 Å². The number of carbonyl (C=O) groups is 2. The predicted molar refractivity (Wildman–Crippen MR) is 100 cm³/mol. The Balaban J connectivity index is 1.92. The molecule has 2 amide bonds. The molecule has 6 heteroatoms. The largest absolute Gasteiger partial charge is 0.365 e. The van der Waals surface area contributed by atoms with Crippen LogP contribution in [0.15, 0.2) is 29.2 Å². The number of thiophene rings is 1. The minimum absolute atomic E-state index is 0.208. The molecule has 0 saturated heterocycles. The number of nitrogens with one attached hydrogen (secondary N) is 1. The zero-order chi connectivity index (χ0) is 17.3. The molecular formula is C18H20N2O2S2. The predicted octanol–water partition coefficient (Wildman–Crippen LogP) is 3.95. The van der Waals surface area contributed by atoms with Gasteiger partial charge in [0, 0.05) is 15.3 Å². The number of rotatable bonds is 4. The van der Waals surface area contributed by atoms with E-state index < -0.39 is 5.91 Å². The molecule has 0 saturated carbocycles. The summed E-state index contributed by atoms with van der Waals surface area (Å²) >= 11 is 3.07. The number of amides is 2. The van der Waals surface area contributed by atoms with Gasteiger partial charge in [0.15, 0.2) is 0 Å². The number of fused-ring (bicyclic) bond motifs is 1. The third-order valence-corrected chi connectivity index (χ3v) is 6.21. The number of carbonyl (C=O) groups excluding carboxylic acids is 2. The Hall–Kier alpha value is -1.79. The second kappa shape index (κ2) is 6.99. The lowest BCUT2D eigenvalue weighted by Gasteiger charge is -2.18. The number of hydrogen-bond acceptors (Lipinski definition) is 4. The average Bonchev–Trinajstić information content (AvgIpc) is 2.91. The van der Waals surface area contributed by atoms with Crippen molar-refractivity contribution in [1.29, 1.82) is 0 Å². The minimum Gasteiger partial charge on any atom is -0.365 e. The zero-order valence-electron chi connectivity index (χ0n) is 13.7. The van der Waals surface area contributed by atoms with Gasteiger partial charge in [0.2, 0.25) is 0 Å². The Morgan fingerprint density at radius 1 is 1.38 bits per heavy atom. The van der Waals surface area contributed by atoms with Crippen LogP contribution in [0.25, 0.3) is 0 Å². The quantitative estimate of drug-likeness (QED) is 0.811. The van der Waals surface area contributed by atoms with Crippen LogP contribution in [0, 0.1) is 5.92 Å². The molecule has 0 aliphatic heterocycles. The van der Waals surface area contributed by atoms with Crippen molar-refractivity contribution in [1.82, 2.24) is 0 Å². The lowest BCUT2D eigenvalue weighted by Crippen LogP contribution is -2.19. The Morgan fingerprint density at radius 2 is 2.17 bits per heavy atom. The first-order valence-electron chi connectivity index (χ1n) is 7.89. The average molecular weight is 361 g/mol. The van der Waals surface area contributed by atoms with E-state index in [4.69, 9.17) is 5.73 Å². The molecule has 1 aliphatic carbocycles. The molecule has 0 bridgehead atoms. The van der Waals surface area contributed by atoms with E-state index in [2.05, 4.69) is 12.2 Å². The van der Waals surface area contributed by atoms with Crippen LogP contribution in [0.2, 0.25) is 0 Å². The molecule has 2 aromatic rings. The second-order valence-corrected chi connectivity index (χ2v) is 8.09. The first kappa shape index (κ1) is 17.0. The topological polar surface area (TPSA) is 72.2 Å². The van der Waals surface area contributed by atoms with Gasteiger partial charge in [-0.1, -0.05) is 13.0 Å². The van der Waals surface area contributed by atoms with E-state index in [0.29, 0.717) is 22.0 Å². The monoisotopic (exact) mass is 360 g/mol. The number of hydrogen-bond donors (Lipinski definition) is 2. The van der Waals surface area contributed by atoms with E-state index in [0.717, 1.165) is 29.7 Å². The summed E-state index contributed by atoms with van der Waals surface area (Å²) in [6, 6.07) is 7.44. The summed E-state index contributed by atoms with van der Waals surface area (Å²) in [6.45, 7) is 2.21. The SMILES string of the molecule is CSc1cccc(C(=O)Nc2sc3c(c2C(N)=O)CC[C@H](C)C3)c1. The van der Waals surface area contributed by atoms with Crippen molar-refractivity contribution in [2.45, 2.75) is 31.1 Å². The summed E-state index contributed by atoms with van der Waals surface area (Å²) in [6.07, 6.45) is 4.81. The first-order valence-corrected chi connectivity index (χ1v) is 9.93.